The first-order valence-electron chi connectivity index (χ1n) is 4.28. The third-order valence-electron chi connectivity index (χ3n) is 2.12. The van der Waals surface area contributed by atoms with Crippen molar-refractivity contribution in [1.82, 2.24) is 10.3 Å². The minimum absolute atomic E-state index is 0.857. The Labute approximate surface area is 72.3 Å². The molecule has 1 aliphatic rings. The van der Waals surface area contributed by atoms with E-state index in [-0.39, 0.29) is 0 Å². The van der Waals surface area contributed by atoms with E-state index in [4.69, 9.17) is 0 Å². The lowest BCUT2D eigenvalue weighted by atomic mass is 10.1. The van der Waals surface area contributed by atoms with Gasteiger partial charge in [-0.05, 0) is 35.9 Å². The largest absolute Gasteiger partial charge is 0.385 e. The van der Waals surface area contributed by atoms with Crippen LogP contribution < -0.4 is 5.32 Å². The smallest absolute Gasteiger partial charge is 0.0667 e. The van der Waals surface area contributed by atoms with E-state index in [1.165, 1.54) is 11.1 Å². The second-order valence-corrected chi connectivity index (χ2v) is 2.95. The van der Waals surface area contributed by atoms with Gasteiger partial charge in [-0.1, -0.05) is 6.92 Å². The molecule has 2 heteroatoms. The van der Waals surface area contributed by atoms with Gasteiger partial charge in [0.05, 0.1) is 12.2 Å². The molecule has 0 bridgehead atoms. The highest BCUT2D eigenvalue weighted by Gasteiger charge is 2.04. The normalized spacial score (nSPS) is 13.8. The van der Waals surface area contributed by atoms with Crippen molar-refractivity contribution >= 4 is 6.08 Å². The van der Waals surface area contributed by atoms with Crippen LogP contribution in [0.25, 0.3) is 6.08 Å². The number of aryl methyl sites for hydroxylation is 1. The van der Waals surface area contributed by atoms with Crippen LogP contribution in [-0.2, 0) is 13.0 Å². The highest BCUT2D eigenvalue weighted by atomic mass is 14.9. The van der Waals surface area contributed by atoms with E-state index in [2.05, 4.69) is 29.4 Å². The van der Waals surface area contributed by atoms with Crippen molar-refractivity contribution < 1.29 is 0 Å². The molecule has 2 heterocycles. The molecule has 1 aromatic heterocycles. The van der Waals surface area contributed by atoms with Crippen molar-refractivity contribution in [3.05, 3.63) is 35.3 Å². The summed E-state index contributed by atoms with van der Waals surface area (Å²) in [5.74, 6) is 0. The molecule has 2 nitrogen and oxygen atoms in total. The van der Waals surface area contributed by atoms with Gasteiger partial charge >= 0.3 is 0 Å². The molecule has 0 aromatic carbocycles. The molecule has 0 spiro atoms. The number of fused-ring (bicyclic) bond motifs is 1. The van der Waals surface area contributed by atoms with Crippen LogP contribution in [-0.4, -0.2) is 4.98 Å². The second kappa shape index (κ2) is 2.97. The summed E-state index contributed by atoms with van der Waals surface area (Å²) in [5, 5.41) is 3.14. The topological polar surface area (TPSA) is 24.9 Å². The number of nitrogens with zero attached hydrogens (tertiary/aromatic N) is 1. The maximum Gasteiger partial charge on any atom is 0.0667 e. The first-order chi connectivity index (χ1) is 5.90. The van der Waals surface area contributed by atoms with Crippen molar-refractivity contribution in [2.24, 2.45) is 0 Å². The molecule has 2 rings (SSSR count). The Morgan fingerprint density at radius 3 is 3.33 bits per heavy atom. The Balaban J connectivity index is 2.44. The van der Waals surface area contributed by atoms with Crippen molar-refractivity contribution in [3.8, 4) is 0 Å². The minimum atomic E-state index is 0.857. The predicted molar refractivity (Wildman–Crippen MR) is 49.5 cm³/mol. The molecule has 1 aliphatic heterocycles. The number of pyridine rings is 1. The fourth-order valence-corrected chi connectivity index (χ4v) is 1.35. The molecule has 0 aliphatic carbocycles. The summed E-state index contributed by atoms with van der Waals surface area (Å²) in [6.45, 7) is 3.00. The lowest BCUT2D eigenvalue weighted by Gasteiger charge is -2.11. The van der Waals surface area contributed by atoms with E-state index in [0.29, 0.717) is 0 Å². The average Bonchev–Trinajstić information content (AvgIpc) is 2.17. The van der Waals surface area contributed by atoms with Gasteiger partial charge < -0.3 is 5.32 Å². The van der Waals surface area contributed by atoms with E-state index in [1.807, 2.05) is 12.4 Å². The summed E-state index contributed by atoms with van der Waals surface area (Å²) < 4.78 is 0. The zero-order valence-corrected chi connectivity index (χ0v) is 7.17. The Hall–Kier alpha value is -1.31. The SMILES string of the molecule is CCc1cnc2c(c1)C=CNC2. The van der Waals surface area contributed by atoms with Crippen LogP contribution in [0.2, 0.25) is 0 Å². The van der Waals surface area contributed by atoms with Gasteiger partial charge in [0.1, 0.15) is 0 Å². The molecule has 62 valence electrons. The Morgan fingerprint density at radius 2 is 2.50 bits per heavy atom. The molecule has 0 radical (unpaired) electrons. The van der Waals surface area contributed by atoms with Crippen LogP contribution >= 0.6 is 0 Å². The van der Waals surface area contributed by atoms with Gasteiger partial charge in [-0.2, -0.15) is 0 Å². The van der Waals surface area contributed by atoms with Crippen LogP contribution in [0.15, 0.2) is 18.5 Å². The Morgan fingerprint density at radius 1 is 1.58 bits per heavy atom. The van der Waals surface area contributed by atoms with Crippen molar-refractivity contribution in [1.29, 1.82) is 0 Å². The molecule has 12 heavy (non-hydrogen) atoms. The van der Waals surface area contributed by atoms with Gasteiger partial charge in [-0.3, -0.25) is 4.98 Å². The highest BCUT2D eigenvalue weighted by molar-refractivity contribution is 5.54. The van der Waals surface area contributed by atoms with Crippen LogP contribution in [0, 0.1) is 0 Å². The van der Waals surface area contributed by atoms with Crippen LogP contribution in [0.3, 0.4) is 0 Å². The fraction of sp³-hybridized carbons (Fsp3) is 0.300. The Kier molecular flexibility index (Phi) is 1.82. The maximum absolute atomic E-state index is 4.38. The first-order valence-corrected chi connectivity index (χ1v) is 4.28. The molecule has 1 aromatic rings. The van der Waals surface area contributed by atoms with E-state index in [9.17, 15) is 0 Å². The van der Waals surface area contributed by atoms with Crippen molar-refractivity contribution in [3.63, 3.8) is 0 Å². The van der Waals surface area contributed by atoms with Crippen LogP contribution in [0.5, 0.6) is 0 Å². The van der Waals surface area contributed by atoms with Gasteiger partial charge in [-0.25, -0.2) is 0 Å². The predicted octanol–water partition coefficient (Wildman–Crippen LogP) is 1.72. The first kappa shape index (κ1) is 7.35. The quantitative estimate of drug-likeness (QED) is 0.676. The molecule has 0 unspecified atom stereocenters. The zero-order chi connectivity index (χ0) is 8.39. The third-order valence-corrected chi connectivity index (χ3v) is 2.12. The zero-order valence-electron chi connectivity index (χ0n) is 7.17. The van der Waals surface area contributed by atoms with Crippen LogP contribution in [0.1, 0.15) is 23.7 Å². The van der Waals surface area contributed by atoms with Gasteiger partial charge in [-0.15, -0.1) is 0 Å². The number of nitrogens with one attached hydrogen (secondary N) is 1. The Bertz CT molecular complexity index is 316. The summed E-state index contributed by atoms with van der Waals surface area (Å²) >= 11 is 0. The second-order valence-electron chi connectivity index (χ2n) is 2.95. The fourth-order valence-electron chi connectivity index (χ4n) is 1.35. The lowest BCUT2D eigenvalue weighted by Crippen LogP contribution is -2.12. The average molecular weight is 160 g/mol. The van der Waals surface area contributed by atoms with Gasteiger partial charge in [0.15, 0.2) is 0 Å². The molecular weight excluding hydrogens is 148 g/mol. The summed E-state index contributed by atoms with van der Waals surface area (Å²) in [4.78, 5) is 4.38. The number of aromatic nitrogens is 1. The molecular formula is C10H12N2. The van der Waals surface area contributed by atoms with E-state index < -0.39 is 0 Å². The number of hydrogen-bond donors (Lipinski definition) is 1. The summed E-state index contributed by atoms with van der Waals surface area (Å²) in [7, 11) is 0. The molecule has 0 saturated carbocycles. The van der Waals surface area contributed by atoms with Gasteiger partial charge in [0, 0.05) is 6.20 Å². The maximum atomic E-state index is 4.38. The van der Waals surface area contributed by atoms with E-state index in [1.54, 1.807) is 0 Å². The van der Waals surface area contributed by atoms with E-state index >= 15 is 0 Å². The lowest BCUT2D eigenvalue weighted by molar-refractivity contribution is 0.819. The minimum Gasteiger partial charge on any atom is -0.385 e. The van der Waals surface area contributed by atoms with Gasteiger partial charge in [0.25, 0.3) is 0 Å². The monoisotopic (exact) mass is 160 g/mol. The molecule has 0 atom stereocenters. The molecule has 0 fully saturated rings. The standard InChI is InChI=1S/C10H12N2/c1-2-8-5-9-3-4-11-7-10(9)12-6-8/h3-6,11H,2,7H2,1H3. The molecule has 0 saturated heterocycles. The number of rotatable bonds is 1. The number of hydrogen-bond acceptors (Lipinski definition) is 2. The van der Waals surface area contributed by atoms with Crippen molar-refractivity contribution in [2.45, 2.75) is 19.9 Å². The summed E-state index contributed by atoms with van der Waals surface area (Å²) in [6.07, 6.45) is 7.07. The summed E-state index contributed by atoms with van der Waals surface area (Å²) in [6, 6.07) is 2.21. The van der Waals surface area contributed by atoms with Crippen LogP contribution in [0.4, 0.5) is 0 Å². The molecule has 1 N–H and O–H groups in total. The summed E-state index contributed by atoms with van der Waals surface area (Å²) in [5.41, 5.74) is 3.71. The van der Waals surface area contributed by atoms with Gasteiger partial charge in [0.2, 0.25) is 0 Å². The molecule has 0 amide bonds. The van der Waals surface area contributed by atoms with Crippen molar-refractivity contribution in [2.75, 3.05) is 0 Å². The van der Waals surface area contributed by atoms with E-state index in [0.717, 1.165) is 18.7 Å². The third kappa shape index (κ3) is 1.20. The highest BCUT2D eigenvalue weighted by Crippen LogP contribution is 2.13.